The molecule has 0 aliphatic rings. The van der Waals surface area contributed by atoms with Gasteiger partial charge in [-0.25, -0.2) is 0 Å². The molecule has 0 fully saturated rings. The third-order valence-corrected chi connectivity index (χ3v) is 5.71. The van der Waals surface area contributed by atoms with Crippen molar-refractivity contribution >= 4 is 22.4 Å². The van der Waals surface area contributed by atoms with Crippen LogP contribution in [0, 0.1) is 0 Å². The number of hydrogen-bond acceptors (Lipinski definition) is 2. The summed E-state index contributed by atoms with van der Waals surface area (Å²) in [4.78, 5) is 12.8. The summed E-state index contributed by atoms with van der Waals surface area (Å²) in [5.74, 6) is -0.0507. The Labute approximate surface area is 125 Å². The lowest BCUT2D eigenvalue weighted by molar-refractivity contribution is -0.140. The first-order valence-electron chi connectivity index (χ1n) is 7.23. The second-order valence-corrected chi connectivity index (χ2v) is 17.8. The Bertz CT molecular complexity index is 458. The van der Waals surface area contributed by atoms with Crippen molar-refractivity contribution in [3.8, 4) is 0 Å². The molecule has 112 valence electrons. The van der Waals surface area contributed by atoms with E-state index in [1.807, 2.05) is 37.3 Å². The van der Waals surface area contributed by atoms with E-state index in [1.165, 1.54) is 0 Å². The molecule has 0 radical (unpaired) electrons. The Morgan fingerprint density at radius 3 is 1.95 bits per heavy atom. The first kappa shape index (κ1) is 17.2. The number of benzene rings is 1. The topological polar surface area (TPSA) is 26.3 Å². The molecule has 1 aromatic rings. The van der Waals surface area contributed by atoms with E-state index in [1.54, 1.807) is 0 Å². The van der Waals surface area contributed by atoms with Crippen LogP contribution in [-0.2, 0) is 14.6 Å². The van der Waals surface area contributed by atoms with Crippen LogP contribution in [0.3, 0.4) is 0 Å². The first-order valence-corrected chi connectivity index (χ1v) is 14.3. The van der Waals surface area contributed by atoms with E-state index >= 15 is 0 Å². The third-order valence-electron chi connectivity index (χ3n) is 3.14. The van der Waals surface area contributed by atoms with Crippen LogP contribution >= 0.6 is 0 Å². The first-order chi connectivity index (χ1) is 8.94. The van der Waals surface area contributed by atoms with Crippen molar-refractivity contribution in [1.29, 1.82) is 0 Å². The highest BCUT2D eigenvalue weighted by atomic mass is 28.4. The summed E-state index contributed by atoms with van der Waals surface area (Å²) >= 11 is 0. The van der Waals surface area contributed by atoms with E-state index in [0.717, 1.165) is 11.6 Å². The van der Waals surface area contributed by atoms with Gasteiger partial charge in [-0.1, -0.05) is 50.0 Å². The van der Waals surface area contributed by atoms with Crippen LogP contribution in [-0.4, -0.2) is 22.4 Å². The molecule has 0 aromatic heterocycles. The van der Waals surface area contributed by atoms with Crippen molar-refractivity contribution in [3.05, 3.63) is 35.9 Å². The summed E-state index contributed by atoms with van der Waals surface area (Å²) in [6, 6.07) is 11.0. The van der Waals surface area contributed by atoms with Gasteiger partial charge in [0, 0.05) is 8.07 Å². The van der Waals surface area contributed by atoms with Gasteiger partial charge in [-0.05, 0) is 38.2 Å². The molecular weight excluding hydrogens is 280 g/mol. The fourth-order valence-corrected chi connectivity index (χ4v) is 5.80. The highest BCUT2D eigenvalue weighted by Crippen LogP contribution is 2.35. The molecule has 1 atom stereocenters. The second kappa shape index (κ2) is 5.86. The van der Waals surface area contributed by atoms with Gasteiger partial charge < -0.3 is 4.43 Å². The summed E-state index contributed by atoms with van der Waals surface area (Å²) in [6.45, 7) is 15.1. The summed E-state index contributed by atoms with van der Waals surface area (Å²) in [5.41, 5.74) is 0.553. The van der Waals surface area contributed by atoms with Crippen LogP contribution in [0.25, 0.3) is 0 Å². The van der Waals surface area contributed by atoms with Gasteiger partial charge in [0.25, 0.3) is 0 Å². The van der Waals surface area contributed by atoms with Gasteiger partial charge in [0.2, 0.25) is 8.32 Å². The molecular formula is C16H28O2Si2. The average molecular weight is 309 g/mol. The van der Waals surface area contributed by atoms with E-state index in [0.29, 0.717) is 0 Å². The van der Waals surface area contributed by atoms with Crippen LogP contribution in [0.15, 0.2) is 30.3 Å². The van der Waals surface area contributed by atoms with Gasteiger partial charge in [0.05, 0.1) is 5.41 Å². The van der Waals surface area contributed by atoms with Gasteiger partial charge >= 0.3 is 5.97 Å². The maximum Gasteiger partial charge on any atom is 0.302 e. The smallest absolute Gasteiger partial charge is 0.302 e. The quantitative estimate of drug-likeness (QED) is 0.739. The fraction of sp³-hybridized carbons (Fsp3) is 0.562. The molecule has 2 nitrogen and oxygen atoms in total. The Morgan fingerprint density at radius 1 is 1.05 bits per heavy atom. The summed E-state index contributed by atoms with van der Waals surface area (Å²) in [6.07, 6.45) is 0. The maximum absolute atomic E-state index is 12.8. The van der Waals surface area contributed by atoms with E-state index in [9.17, 15) is 4.79 Å². The Balaban J connectivity index is 3.18. The molecule has 1 rings (SSSR count). The highest BCUT2D eigenvalue weighted by Gasteiger charge is 2.42. The van der Waals surface area contributed by atoms with E-state index in [4.69, 9.17) is 4.43 Å². The van der Waals surface area contributed by atoms with Crippen molar-refractivity contribution < 1.29 is 9.22 Å². The number of carbonyl (C=O) groups excluding carboxylic acids is 1. The minimum Gasteiger partial charge on any atom is -0.519 e. The van der Waals surface area contributed by atoms with Crippen molar-refractivity contribution in [1.82, 2.24) is 0 Å². The molecule has 4 heteroatoms. The zero-order chi connectivity index (χ0) is 15.6. The lowest BCUT2D eigenvalue weighted by Crippen LogP contribution is -2.45. The molecule has 1 aromatic carbocycles. The standard InChI is InChI=1S/C16H28O2Si2/c1-16(13-19(2,3)4,14-11-9-8-10-12-14)15(17)18-20(5,6)7/h8-12H,13H2,1-7H3. The van der Waals surface area contributed by atoms with Crippen molar-refractivity contribution in [2.24, 2.45) is 0 Å². The summed E-state index contributed by atoms with van der Waals surface area (Å²) in [5, 5.41) is 0. The van der Waals surface area contributed by atoms with Gasteiger partial charge in [-0.15, -0.1) is 0 Å². The van der Waals surface area contributed by atoms with Crippen LogP contribution in [0.4, 0.5) is 0 Å². The monoisotopic (exact) mass is 308 g/mol. The summed E-state index contributed by atoms with van der Waals surface area (Å²) < 4.78 is 5.83. The number of hydrogen-bond donors (Lipinski definition) is 0. The zero-order valence-electron chi connectivity index (χ0n) is 13.9. The molecule has 0 aliphatic carbocycles. The Hall–Kier alpha value is -0.876. The van der Waals surface area contributed by atoms with Gasteiger partial charge in [0.1, 0.15) is 0 Å². The van der Waals surface area contributed by atoms with Crippen molar-refractivity contribution in [3.63, 3.8) is 0 Å². The molecule has 0 bridgehead atoms. The molecule has 0 spiro atoms. The van der Waals surface area contributed by atoms with Gasteiger partial charge in [-0.3, -0.25) is 4.79 Å². The lowest BCUT2D eigenvalue weighted by atomic mass is 9.84. The predicted octanol–water partition coefficient (Wildman–Crippen LogP) is 4.66. The molecule has 1 unspecified atom stereocenters. The average Bonchev–Trinajstić information content (AvgIpc) is 2.25. The lowest BCUT2D eigenvalue weighted by Gasteiger charge is -2.35. The van der Waals surface area contributed by atoms with Gasteiger partial charge in [-0.2, -0.15) is 0 Å². The molecule has 0 aliphatic heterocycles. The fourth-order valence-electron chi connectivity index (χ4n) is 2.55. The number of rotatable bonds is 5. The van der Waals surface area contributed by atoms with E-state index < -0.39 is 21.8 Å². The predicted molar refractivity (Wildman–Crippen MR) is 91.4 cm³/mol. The van der Waals surface area contributed by atoms with Crippen molar-refractivity contribution in [2.45, 2.75) is 57.7 Å². The second-order valence-electron chi connectivity index (χ2n) is 7.94. The highest BCUT2D eigenvalue weighted by molar-refractivity contribution is 6.76. The van der Waals surface area contributed by atoms with Crippen LogP contribution < -0.4 is 0 Å². The van der Waals surface area contributed by atoms with Crippen molar-refractivity contribution in [2.75, 3.05) is 0 Å². The zero-order valence-corrected chi connectivity index (χ0v) is 15.9. The molecule has 0 heterocycles. The van der Waals surface area contributed by atoms with Crippen LogP contribution in [0.5, 0.6) is 0 Å². The molecule has 0 amide bonds. The maximum atomic E-state index is 12.8. The van der Waals surface area contributed by atoms with E-state index in [-0.39, 0.29) is 5.97 Å². The summed E-state index contributed by atoms with van der Waals surface area (Å²) in [7, 11) is -3.27. The minimum atomic E-state index is -1.87. The van der Waals surface area contributed by atoms with E-state index in [2.05, 4.69) is 39.3 Å². The molecule has 20 heavy (non-hydrogen) atoms. The third kappa shape index (κ3) is 4.91. The minimum absolute atomic E-state index is 0.0507. The molecule has 0 saturated carbocycles. The SMILES string of the molecule is CC(C[Si](C)(C)C)(C(=O)O[Si](C)(C)C)c1ccccc1. The van der Waals surface area contributed by atoms with Crippen LogP contribution in [0.2, 0.25) is 45.3 Å². The van der Waals surface area contributed by atoms with Gasteiger partial charge in [0.15, 0.2) is 0 Å². The van der Waals surface area contributed by atoms with Crippen LogP contribution in [0.1, 0.15) is 12.5 Å². The largest absolute Gasteiger partial charge is 0.519 e. The Morgan fingerprint density at radius 2 is 1.55 bits per heavy atom. The number of carbonyl (C=O) groups is 1. The molecule has 0 N–H and O–H groups in total. The Kier molecular flexibility index (Phi) is 5.03. The molecule has 0 saturated heterocycles. The normalized spacial score (nSPS) is 15.6.